The molecule has 7 N–H and O–H groups in total. The van der Waals surface area contributed by atoms with Gasteiger partial charge in [-0.25, -0.2) is 0 Å². The van der Waals surface area contributed by atoms with E-state index in [4.69, 9.17) is 5.73 Å². The summed E-state index contributed by atoms with van der Waals surface area (Å²) in [5, 5.41) is 47.0. The number of nitrogens with two attached hydrogens (primary N) is 1. The van der Waals surface area contributed by atoms with E-state index >= 15 is 0 Å². The number of carbonyl (C=O) groups is 3. The summed E-state index contributed by atoms with van der Waals surface area (Å²) in [6, 6.07) is 1.86. The zero-order valence-electron chi connectivity index (χ0n) is 19.5. The number of rotatable bonds is 3. The molecule has 1 aromatic rings. The quantitative estimate of drug-likeness (QED) is 0.246. The Morgan fingerprint density at radius 2 is 1.94 bits per heavy atom. The van der Waals surface area contributed by atoms with Crippen LogP contribution in [0.2, 0.25) is 0 Å². The molecule has 1 aromatic carbocycles. The van der Waals surface area contributed by atoms with E-state index in [0.717, 1.165) is 0 Å². The average molecular weight is 482 g/mol. The molecule has 0 saturated heterocycles. The molecule has 3 aliphatic rings. The maximum atomic E-state index is 13.7. The second-order valence-electron chi connectivity index (χ2n) is 9.28. The molecule has 0 heterocycles. The third-order valence-corrected chi connectivity index (χ3v) is 7.09. The van der Waals surface area contributed by atoms with Crippen LogP contribution in [0, 0.1) is 23.7 Å². The molecule has 1 amide bonds. The van der Waals surface area contributed by atoms with Crippen molar-refractivity contribution in [2.75, 3.05) is 27.7 Å². The number of nitrogens with zero attached hydrogens (tertiary/aromatic N) is 1. The van der Waals surface area contributed by atoms with Crippen molar-refractivity contribution in [2.24, 2.45) is 17.6 Å². The van der Waals surface area contributed by atoms with Gasteiger partial charge in [-0.2, -0.15) is 0 Å². The predicted octanol–water partition coefficient (Wildman–Crippen LogP) is -0.465. The highest BCUT2D eigenvalue weighted by Gasteiger charge is 2.64. The maximum Gasteiger partial charge on any atom is 0.255 e. The number of amides is 1. The van der Waals surface area contributed by atoms with E-state index in [1.54, 1.807) is 27.2 Å². The smallest absolute Gasteiger partial charge is 0.255 e. The molecule has 0 bridgehead atoms. The average Bonchev–Trinajstić information content (AvgIpc) is 2.77. The van der Waals surface area contributed by atoms with Gasteiger partial charge in [-0.1, -0.05) is 11.8 Å². The van der Waals surface area contributed by atoms with Crippen molar-refractivity contribution >= 4 is 23.2 Å². The number of aliphatic hydroxyl groups is 3. The van der Waals surface area contributed by atoms with Gasteiger partial charge in [-0.05, 0) is 57.6 Å². The van der Waals surface area contributed by atoms with Crippen LogP contribution < -0.4 is 11.1 Å². The van der Waals surface area contributed by atoms with E-state index in [2.05, 4.69) is 17.2 Å². The molecule has 10 heteroatoms. The second-order valence-corrected chi connectivity index (χ2v) is 9.28. The topological polar surface area (TPSA) is 173 Å². The van der Waals surface area contributed by atoms with Crippen molar-refractivity contribution in [2.45, 2.75) is 24.5 Å². The number of aromatic hydroxyl groups is 1. The largest absolute Gasteiger partial charge is 0.508 e. The van der Waals surface area contributed by atoms with Gasteiger partial charge in [-0.3, -0.25) is 19.3 Å². The number of carbonyl (C=O) groups excluding carboxylic acids is 3. The number of aliphatic hydroxyl groups excluding tert-OH is 2. The molecule has 4 rings (SSSR count). The Kier molecular flexibility index (Phi) is 5.97. The number of hydrogen-bond donors (Lipinski definition) is 6. The summed E-state index contributed by atoms with van der Waals surface area (Å²) in [6.07, 6.45) is 0.233. The first kappa shape index (κ1) is 24.5. The van der Waals surface area contributed by atoms with Gasteiger partial charge in [0.05, 0.1) is 18.2 Å². The highest BCUT2D eigenvalue weighted by molar-refractivity contribution is 6.24. The summed E-state index contributed by atoms with van der Waals surface area (Å²) in [4.78, 5) is 40.3. The Hall–Kier alpha value is -3.65. The van der Waals surface area contributed by atoms with E-state index in [1.165, 1.54) is 11.0 Å². The summed E-state index contributed by atoms with van der Waals surface area (Å²) in [5.74, 6) is -0.815. The number of ketones is 2. The van der Waals surface area contributed by atoms with Crippen molar-refractivity contribution in [1.29, 1.82) is 0 Å². The fourth-order valence-electron chi connectivity index (χ4n) is 5.59. The Morgan fingerprint density at radius 3 is 2.54 bits per heavy atom. The van der Waals surface area contributed by atoms with E-state index < -0.39 is 58.0 Å². The zero-order valence-corrected chi connectivity index (χ0v) is 19.5. The molecule has 0 aromatic heterocycles. The fraction of sp³-hybridized carbons (Fsp3) is 0.400. The fourth-order valence-corrected chi connectivity index (χ4v) is 5.59. The van der Waals surface area contributed by atoms with Crippen LogP contribution >= 0.6 is 0 Å². The standard InChI is InChI=1S/C25H27N3O7/c1-27-8-4-5-11-6-7-15(29)17-13(11)9-12-10-14-19(28(2)3)21(31)18(24(26)34)23(33)25(14,35)22(32)16(12)20(17)30/h6-7,12,14,19,27,29-30,33,35H,8-10H2,1-3H3,(H2,26,34). The van der Waals surface area contributed by atoms with Crippen molar-refractivity contribution in [1.82, 2.24) is 10.2 Å². The molecule has 1 saturated carbocycles. The van der Waals surface area contributed by atoms with E-state index in [9.17, 15) is 34.8 Å². The lowest BCUT2D eigenvalue weighted by molar-refractivity contribution is -0.153. The molecule has 184 valence electrons. The second kappa shape index (κ2) is 8.53. The lowest BCUT2D eigenvalue weighted by atomic mass is 9.57. The van der Waals surface area contributed by atoms with Crippen molar-refractivity contribution in [3.8, 4) is 17.6 Å². The van der Waals surface area contributed by atoms with Crippen LogP contribution in [0.25, 0.3) is 5.76 Å². The molecule has 0 aliphatic heterocycles. The van der Waals surface area contributed by atoms with Crippen molar-refractivity contribution in [3.63, 3.8) is 0 Å². The Morgan fingerprint density at radius 1 is 1.26 bits per heavy atom. The van der Waals surface area contributed by atoms with Gasteiger partial charge in [0.25, 0.3) is 5.91 Å². The summed E-state index contributed by atoms with van der Waals surface area (Å²) in [6.45, 7) is 0.417. The maximum absolute atomic E-state index is 13.7. The molecule has 10 nitrogen and oxygen atoms in total. The molecule has 3 aliphatic carbocycles. The number of fused-ring (bicyclic) bond motifs is 3. The molecular formula is C25H27N3O7. The van der Waals surface area contributed by atoms with Gasteiger partial charge < -0.3 is 31.5 Å². The summed E-state index contributed by atoms with van der Waals surface area (Å²) < 4.78 is 0. The molecule has 35 heavy (non-hydrogen) atoms. The molecular weight excluding hydrogens is 454 g/mol. The predicted molar refractivity (Wildman–Crippen MR) is 125 cm³/mol. The molecule has 0 radical (unpaired) electrons. The molecule has 0 spiro atoms. The van der Waals surface area contributed by atoms with Gasteiger partial charge in [0.2, 0.25) is 5.78 Å². The van der Waals surface area contributed by atoms with Crippen LogP contribution in [0.4, 0.5) is 0 Å². The van der Waals surface area contributed by atoms with E-state index in [-0.39, 0.29) is 29.7 Å². The minimum atomic E-state index is -2.65. The Bertz CT molecular complexity index is 1280. The first-order valence-corrected chi connectivity index (χ1v) is 11.1. The summed E-state index contributed by atoms with van der Waals surface area (Å²) >= 11 is 0. The highest BCUT2D eigenvalue weighted by Crippen LogP contribution is 2.52. The van der Waals surface area contributed by atoms with Gasteiger partial charge in [0, 0.05) is 17.1 Å². The van der Waals surface area contributed by atoms with Crippen molar-refractivity contribution in [3.05, 3.63) is 45.7 Å². The number of primary amides is 1. The van der Waals surface area contributed by atoms with Crippen LogP contribution in [-0.4, -0.2) is 82.1 Å². The number of Topliss-reactive ketones (excluding diaryl/α,β-unsaturated/α-hetero) is 2. The van der Waals surface area contributed by atoms with Gasteiger partial charge in [0.15, 0.2) is 11.4 Å². The van der Waals surface area contributed by atoms with Gasteiger partial charge >= 0.3 is 0 Å². The minimum Gasteiger partial charge on any atom is -0.508 e. The monoisotopic (exact) mass is 481 g/mol. The van der Waals surface area contributed by atoms with E-state index in [1.807, 2.05) is 0 Å². The number of phenols is 1. The Labute approximate surface area is 201 Å². The Balaban J connectivity index is 1.95. The summed E-state index contributed by atoms with van der Waals surface area (Å²) in [7, 11) is 4.86. The van der Waals surface area contributed by atoms with Crippen molar-refractivity contribution < 1.29 is 34.8 Å². The highest BCUT2D eigenvalue weighted by atomic mass is 16.3. The summed E-state index contributed by atoms with van der Waals surface area (Å²) in [5.41, 5.74) is 2.77. The number of phenolic OH excluding ortho intramolecular Hbond substituents is 1. The molecule has 4 unspecified atom stereocenters. The number of nitrogens with one attached hydrogen (secondary N) is 1. The molecule has 1 fully saturated rings. The normalized spacial score (nSPS) is 27.7. The minimum absolute atomic E-state index is 0.0255. The molecule has 4 atom stereocenters. The van der Waals surface area contributed by atoms with Gasteiger partial charge in [0.1, 0.15) is 22.8 Å². The SMILES string of the molecule is CNCC#Cc1ccc(O)c2c1CC1CC3C(N(C)C)C(=O)C(C(N)=O)=C(O)C3(O)C(=O)C1=C2O. The lowest BCUT2D eigenvalue weighted by Gasteiger charge is -2.50. The number of likely N-dealkylation sites (N-methyl/N-ethyl adjacent to an activating group) is 1. The first-order valence-electron chi connectivity index (χ1n) is 11.1. The first-order chi connectivity index (χ1) is 16.5. The third kappa shape index (κ3) is 3.43. The zero-order chi connectivity index (χ0) is 25.8. The number of benzene rings is 1. The van der Waals surface area contributed by atoms with Crippen LogP contribution in [0.15, 0.2) is 29.0 Å². The van der Waals surface area contributed by atoms with Crippen LogP contribution in [0.3, 0.4) is 0 Å². The number of hydrogen-bond acceptors (Lipinski definition) is 9. The van der Waals surface area contributed by atoms with E-state index in [0.29, 0.717) is 17.7 Å². The van der Waals surface area contributed by atoms with Crippen LogP contribution in [0.5, 0.6) is 5.75 Å². The van der Waals surface area contributed by atoms with Crippen LogP contribution in [-0.2, 0) is 20.8 Å². The lowest BCUT2D eigenvalue weighted by Crippen LogP contribution is -2.65. The van der Waals surface area contributed by atoms with Gasteiger partial charge in [-0.15, -0.1) is 0 Å². The third-order valence-electron chi connectivity index (χ3n) is 7.09. The van der Waals surface area contributed by atoms with Crippen LogP contribution in [0.1, 0.15) is 23.1 Å².